The van der Waals surface area contributed by atoms with Gasteiger partial charge < -0.3 is 14.8 Å². The number of carbonyl (C=O) groups is 2. The Balaban J connectivity index is 1.77. The van der Waals surface area contributed by atoms with Crippen molar-refractivity contribution in [3.63, 3.8) is 0 Å². The molecule has 1 N–H and O–H groups in total. The molecule has 132 valence electrons. The van der Waals surface area contributed by atoms with Gasteiger partial charge in [-0.2, -0.15) is 0 Å². The van der Waals surface area contributed by atoms with Gasteiger partial charge in [0.15, 0.2) is 0 Å². The fourth-order valence-corrected chi connectivity index (χ4v) is 3.35. The third-order valence-corrected chi connectivity index (χ3v) is 4.80. The summed E-state index contributed by atoms with van der Waals surface area (Å²) in [5.41, 5.74) is 2.75. The highest BCUT2D eigenvalue weighted by Crippen LogP contribution is 2.19. The first kappa shape index (κ1) is 17.3. The molecular weight excluding hydrogens is 314 g/mol. The smallest absolute Gasteiger partial charge is 0.270 e. The van der Waals surface area contributed by atoms with E-state index in [0.717, 1.165) is 17.5 Å². The first-order chi connectivity index (χ1) is 12.1. The number of nitrogens with one attached hydrogen (secondary N) is 1. The molecule has 25 heavy (non-hydrogen) atoms. The van der Waals surface area contributed by atoms with E-state index in [2.05, 4.69) is 11.9 Å². The number of hydrogen-bond acceptors (Lipinski definition) is 2. The van der Waals surface area contributed by atoms with Crippen LogP contribution in [0.25, 0.3) is 0 Å². The maximum absolute atomic E-state index is 12.8. The Bertz CT molecular complexity index is 738. The lowest BCUT2D eigenvalue weighted by atomic mass is 10.1. The third-order valence-electron chi connectivity index (χ3n) is 4.80. The lowest BCUT2D eigenvalue weighted by molar-refractivity contribution is -0.133. The van der Waals surface area contributed by atoms with Crippen molar-refractivity contribution in [2.75, 3.05) is 13.1 Å². The third kappa shape index (κ3) is 3.92. The monoisotopic (exact) mass is 339 g/mol. The second-order valence-electron chi connectivity index (χ2n) is 6.66. The molecule has 0 radical (unpaired) electrons. The van der Waals surface area contributed by atoms with Crippen LogP contribution in [0.15, 0.2) is 42.6 Å². The number of hydrogen-bond donors (Lipinski definition) is 1. The molecule has 0 aliphatic carbocycles. The normalized spacial score (nSPS) is 18.3. The summed E-state index contributed by atoms with van der Waals surface area (Å²) in [5, 5.41) is 0. The van der Waals surface area contributed by atoms with Crippen LogP contribution in [0, 0.1) is 6.92 Å². The van der Waals surface area contributed by atoms with Crippen LogP contribution in [0.1, 0.15) is 41.4 Å². The van der Waals surface area contributed by atoms with E-state index in [-0.39, 0.29) is 17.9 Å². The van der Waals surface area contributed by atoms with Gasteiger partial charge in [-0.05, 0) is 30.5 Å². The van der Waals surface area contributed by atoms with Crippen molar-refractivity contribution in [2.45, 2.75) is 39.3 Å². The second kappa shape index (κ2) is 7.55. The minimum Gasteiger partial charge on any atom is -0.357 e. The molecule has 1 atom stereocenters. The van der Waals surface area contributed by atoms with Crippen LogP contribution in [-0.2, 0) is 11.3 Å². The summed E-state index contributed by atoms with van der Waals surface area (Å²) >= 11 is 0. The van der Waals surface area contributed by atoms with E-state index in [0.29, 0.717) is 31.7 Å². The van der Waals surface area contributed by atoms with Crippen molar-refractivity contribution in [3.05, 3.63) is 59.4 Å². The van der Waals surface area contributed by atoms with Crippen molar-refractivity contribution >= 4 is 11.8 Å². The van der Waals surface area contributed by atoms with Gasteiger partial charge in [-0.25, -0.2) is 0 Å². The number of rotatable bonds is 4. The van der Waals surface area contributed by atoms with E-state index < -0.39 is 0 Å². The van der Waals surface area contributed by atoms with Crippen molar-refractivity contribution in [1.29, 1.82) is 0 Å². The number of nitrogens with zero attached hydrogens (tertiary/aromatic N) is 2. The Morgan fingerprint density at radius 3 is 2.68 bits per heavy atom. The van der Waals surface area contributed by atoms with Crippen LogP contribution in [0.2, 0.25) is 0 Å². The Labute approximate surface area is 148 Å². The predicted octanol–water partition coefficient (Wildman–Crippen LogP) is 2.98. The summed E-state index contributed by atoms with van der Waals surface area (Å²) in [6.07, 6.45) is 3.02. The van der Waals surface area contributed by atoms with Gasteiger partial charge in [-0.1, -0.05) is 37.3 Å². The summed E-state index contributed by atoms with van der Waals surface area (Å²) in [5.74, 6) is 0.0922. The zero-order valence-corrected chi connectivity index (χ0v) is 14.9. The molecule has 0 unspecified atom stereocenters. The van der Waals surface area contributed by atoms with Crippen LogP contribution in [-0.4, -0.2) is 45.7 Å². The maximum Gasteiger partial charge on any atom is 0.270 e. The molecule has 2 amide bonds. The molecule has 0 bridgehead atoms. The molecule has 5 heteroatoms. The van der Waals surface area contributed by atoms with Crippen molar-refractivity contribution in [2.24, 2.45) is 0 Å². The number of amides is 2. The SMILES string of the molecule is CC[C@H]1CN(C(=O)c2cc(C)c[nH]2)CCC(=O)N1Cc1ccccc1. The molecule has 0 saturated carbocycles. The van der Waals surface area contributed by atoms with Crippen LogP contribution in [0.5, 0.6) is 0 Å². The average molecular weight is 339 g/mol. The van der Waals surface area contributed by atoms with E-state index in [1.807, 2.05) is 59.3 Å². The molecule has 2 aromatic rings. The molecule has 5 nitrogen and oxygen atoms in total. The average Bonchev–Trinajstić information content (AvgIpc) is 3.00. The fraction of sp³-hybridized carbons (Fsp3) is 0.400. The van der Waals surface area contributed by atoms with Crippen LogP contribution in [0.3, 0.4) is 0 Å². The lowest BCUT2D eigenvalue weighted by Crippen LogP contribution is -2.43. The van der Waals surface area contributed by atoms with E-state index in [4.69, 9.17) is 0 Å². The number of H-pyrrole nitrogens is 1. The van der Waals surface area contributed by atoms with Gasteiger partial charge in [0.05, 0.1) is 0 Å². The molecular formula is C20H25N3O2. The van der Waals surface area contributed by atoms with Crippen LogP contribution < -0.4 is 0 Å². The largest absolute Gasteiger partial charge is 0.357 e. The number of aromatic amines is 1. The Kier molecular flexibility index (Phi) is 5.22. The number of benzene rings is 1. The standard InChI is InChI=1S/C20H25N3O2/c1-3-17-14-22(20(25)18-11-15(2)12-21-18)10-9-19(24)23(17)13-16-7-5-4-6-8-16/h4-8,11-12,17,21H,3,9-10,13-14H2,1-2H3/t17-/m0/s1. The highest BCUT2D eigenvalue weighted by Gasteiger charge is 2.31. The molecule has 1 fully saturated rings. The van der Waals surface area contributed by atoms with E-state index >= 15 is 0 Å². The Hall–Kier alpha value is -2.56. The molecule has 0 spiro atoms. The fourth-order valence-electron chi connectivity index (χ4n) is 3.35. The predicted molar refractivity (Wildman–Crippen MR) is 97.1 cm³/mol. The van der Waals surface area contributed by atoms with Crippen molar-refractivity contribution in [3.8, 4) is 0 Å². The number of carbonyl (C=O) groups excluding carboxylic acids is 2. The van der Waals surface area contributed by atoms with E-state index in [9.17, 15) is 9.59 Å². The van der Waals surface area contributed by atoms with Gasteiger partial charge in [0.25, 0.3) is 5.91 Å². The van der Waals surface area contributed by atoms with Crippen molar-refractivity contribution in [1.82, 2.24) is 14.8 Å². The molecule has 2 heterocycles. The summed E-state index contributed by atoms with van der Waals surface area (Å²) in [4.78, 5) is 32.2. The van der Waals surface area contributed by atoms with Gasteiger partial charge in [0, 0.05) is 38.3 Å². The first-order valence-corrected chi connectivity index (χ1v) is 8.86. The van der Waals surface area contributed by atoms with E-state index in [1.54, 1.807) is 0 Å². The molecule has 3 rings (SSSR count). The topological polar surface area (TPSA) is 56.4 Å². The highest BCUT2D eigenvalue weighted by atomic mass is 16.2. The van der Waals surface area contributed by atoms with Crippen molar-refractivity contribution < 1.29 is 9.59 Å². The zero-order chi connectivity index (χ0) is 17.8. The van der Waals surface area contributed by atoms with Gasteiger partial charge in [-0.3, -0.25) is 9.59 Å². The molecule has 1 saturated heterocycles. The minimum atomic E-state index is -0.0269. The summed E-state index contributed by atoms with van der Waals surface area (Å²) in [6.45, 7) is 5.67. The number of aromatic nitrogens is 1. The highest BCUT2D eigenvalue weighted by molar-refractivity contribution is 5.93. The lowest BCUT2D eigenvalue weighted by Gasteiger charge is -2.31. The van der Waals surface area contributed by atoms with Gasteiger partial charge in [-0.15, -0.1) is 0 Å². The van der Waals surface area contributed by atoms with E-state index in [1.165, 1.54) is 0 Å². The van der Waals surface area contributed by atoms with Gasteiger partial charge >= 0.3 is 0 Å². The van der Waals surface area contributed by atoms with Gasteiger partial charge in [0.2, 0.25) is 5.91 Å². The zero-order valence-electron chi connectivity index (χ0n) is 14.9. The number of aryl methyl sites for hydroxylation is 1. The Morgan fingerprint density at radius 2 is 2.04 bits per heavy atom. The summed E-state index contributed by atoms with van der Waals surface area (Å²) in [7, 11) is 0. The minimum absolute atomic E-state index is 0.0269. The Morgan fingerprint density at radius 1 is 1.28 bits per heavy atom. The first-order valence-electron chi connectivity index (χ1n) is 8.86. The molecule has 1 aliphatic rings. The molecule has 1 aliphatic heterocycles. The van der Waals surface area contributed by atoms with Crippen LogP contribution >= 0.6 is 0 Å². The second-order valence-corrected chi connectivity index (χ2v) is 6.66. The quantitative estimate of drug-likeness (QED) is 0.931. The maximum atomic E-state index is 12.8. The summed E-state index contributed by atoms with van der Waals surface area (Å²) in [6, 6.07) is 11.9. The molecule has 1 aromatic carbocycles. The molecule has 1 aromatic heterocycles. The summed E-state index contributed by atoms with van der Waals surface area (Å²) < 4.78 is 0. The van der Waals surface area contributed by atoms with Crippen LogP contribution in [0.4, 0.5) is 0 Å². The van der Waals surface area contributed by atoms with Gasteiger partial charge in [0.1, 0.15) is 5.69 Å².